The van der Waals surface area contributed by atoms with Crippen LogP contribution in [0.5, 0.6) is 0 Å². The van der Waals surface area contributed by atoms with Crippen LogP contribution in [-0.4, -0.2) is 34.9 Å². The second-order valence-electron chi connectivity index (χ2n) is 19.7. The molecular formula is C68H57N7. The van der Waals surface area contributed by atoms with Gasteiger partial charge in [-0.2, -0.15) is 0 Å². The fourth-order valence-electron chi connectivity index (χ4n) is 9.55. The van der Waals surface area contributed by atoms with Gasteiger partial charge in [-0.15, -0.1) is 0 Å². The van der Waals surface area contributed by atoms with E-state index in [2.05, 4.69) is 185 Å². The lowest BCUT2D eigenvalue weighted by Crippen LogP contribution is -2.06. The van der Waals surface area contributed by atoms with Crippen molar-refractivity contribution >= 4 is 0 Å². The van der Waals surface area contributed by atoms with Crippen molar-refractivity contribution < 1.29 is 0 Å². The van der Waals surface area contributed by atoms with Gasteiger partial charge in [0.05, 0.1) is 22.8 Å². The zero-order chi connectivity index (χ0) is 51.1. The Labute approximate surface area is 440 Å². The average Bonchev–Trinajstić information content (AvgIpc) is 3.48. The molecule has 11 aromatic rings. The summed E-state index contributed by atoms with van der Waals surface area (Å²) in [5, 5.41) is 0. The molecule has 0 bridgehead atoms. The molecule has 0 fully saturated rings. The second-order valence-corrected chi connectivity index (χ2v) is 19.7. The van der Waals surface area contributed by atoms with Gasteiger partial charge in [-0.1, -0.05) is 240 Å². The molecule has 2 unspecified atom stereocenters. The first kappa shape index (κ1) is 48.2. The van der Waals surface area contributed by atoms with Gasteiger partial charge in [-0.3, -0.25) is 0 Å². The zero-order valence-corrected chi connectivity index (χ0v) is 42.7. The van der Waals surface area contributed by atoms with Crippen LogP contribution in [0.2, 0.25) is 0 Å². The first-order chi connectivity index (χ1) is 36.8. The van der Waals surface area contributed by atoms with E-state index in [0.717, 1.165) is 91.8 Å². The van der Waals surface area contributed by atoms with E-state index in [1.807, 2.05) is 72.8 Å². The Morgan fingerprint density at radius 2 is 0.613 bits per heavy atom. The minimum absolute atomic E-state index is 0.0512. The van der Waals surface area contributed by atoms with E-state index in [9.17, 15) is 0 Å². The lowest BCUT2D eigenvalue weighted by molar-refractivity contribution is 0.700. The van der Waals surface area contributed by atoms with Crippen LogP contribution in [0.15, 0.2) is 231 Å². The lowest BCUT2D eigenvalue weighted by atomic mass is 9.92. The number of nitrogens with zero attached hydrogens (tertiary/aromatic N) is 7. The monoisotopic (exact) mass is 971 g/mol. The Morgan fingerprint density at radius 3 is 1.05 bits per heavy atom. The highest BCUT2D eigenvalue weighted by Crippen LogP contribution is 2.33. The van der Waals surface area contributed by atoms with E-state index in [1.165, 1.54) is 22.3 Å². The smallest absolute Gasteiger partial charge is 0.164 e. The fourth-order valence-corrected chi connectivity index (χ4v) is 9.55. The molecular weight excluding hydrogens is 915 g/mol. The number of hydrogen-bond donors (Lipinski definition) is 0. The summed E-state index contributed by atoms with van der Waals surface area (Å²) in [6, 6.07) is 80.1. The van der Waals surface area contributed by atoms with E-state index in [1.54, 1.807) is 0 Å². The summed E-state index contributed by atoms with van der Waals surface area (Å²) >= 11 is 0. The van der Waals surface area contributed by atoms with Gasteiger partial charge in [-0.05, 0) is 65.1 Å². The molecule has 0 saturated heterocycles. The van der Waals surface area contributed by atoms with Gasteiger partial charge in [0, 0.05) is 50.4 Å². The average molecular weight is 972 g/mol. The summed E-state index contributed by atoms with van der Waals surface area (Å²) in [4.78, 5) is 35.4. The molecule has 0 saturated carbocycles. The predicted molar refractivity (Wildman–Crippen MR) is 306 cm³/mol. The molecule has 11 rings (SSSR count). The Kier molecular flexibility index (Phi) is 14.1. The number of hydrogen-bond acceptors (Lipinski definition) is 7. The summed E-state index contributed by atoms with van der Waals surface area (Å²) in [5.41, 5.74) is 16.7. The summed E-state index contributed by atoms with van der Waals surface area (Å²) in [6.07, 6.45) is 1.67. The van der Waals surface area contributed by atoms with Crippen LogP contribution >= 0.6 is 0 Å². The van der Waals surface area contributed by atoms with Crippen molar-refractivity contribution in [2.75, 3.05) is 0 Å². The van der Waals surface area contributed by atoms with E-state index in [-0.39, 0.29) is 11.8 Å². The molecule has 7 nitrogen and oxygen atoms in total. The van der Waals surface area contributed by atoms with Crippen molar-refractivity contribution in [2.45, 2.75) is 58.3 Å². The van der Waals surface area contributed by atoms with Gasteiger partial charge in [0.1, 0.15) is 5.82 Å². The molecule has 3 aromatic heterocycles. The molecule has 0 aliphatic heterocycles. The molecule has 2 atom stereocenters. The Hall–Kier alpha value is -9.07. The number of benzene rings is 8. The summed E-state index contributed by atoms with van der Waals surface area (Å²) in [5.74, 6) is 4.24. The Morgan fingerprint density at radius 1 is 0.267 bits per heavy atom. The minimum Gasteiger partial charge on any atom is -0.233 e. The number of rotatable bonds is 15. The van der Waals surface area contributed by atoms with Crippen LogP contribution in [0.1, 0.15) is 73.5 Å². The Bertz CT molecular complexity index is 3620. The van der Waals surface area contributed by atoms with Crippen molar-refractivity contribution in [3.05, 3.63) is 259 Å². The molecule has 75 heavy (non-hydrogen) atoms. The molecule has 7 heteroatoms. The van der Waals surface area contributed by atoms with Crippen molar-refractivity contribution in [3.8, 4) is 90.6 Å². The third-order valence-corrected chi connectivity index (χ3v) is 13.9. The van der Waals surface area contributed by atoms with Crippen LogP contribution in [0.3, 0.4) is 0 Å². The maximum atomic E-state index is 5.26. The fraction of sp³-hybridized carbons (Fsp3) is 0.132. The van der Waals surface area contributed by atoms with Crippen molar-refractivity contribution in [3.63, 3.8) is 0 Å². The van der Waals surface area contributed by atoms with Gasteiger partial charge >= 0.3 is 0 Å². The Balaban J connectivity index is 0.812. The highest BCUT2D eigenvalue weighted by molar-refractivity contribution is 5.73. The van der Waals surface area contributed by atoms with E-state index < -0.39 is 0 Å². The SMILES string of the molecule is CC(C)c1cccc(-c2nc(-c3ccccc3)cc(-c3ccc(CC(C)c4nc(-c5ccccc5)cc(-c5ccc(CC(C)c6ccc(-c7nc(-c8ccccc8)nc(-c8ccccc8)n7)cc6)cc5)n4)cc3)n2)c1. The largest absolute Gasteiger partial charge is 0.233 e. The molecule has 0 aliphatic rings. The van der Waals surface area contributed by atoms with Gasteiger partial charge in [0.15, 0.2) is 23.3 Å². The minimum atomic E-state index is 0.0512. The van der Waals surface area contributed by atoms with E-state index in [0.29, 0.717) is 23.4 Å². The number of aromatic nitrogens is 7. The highest BCUT2D eigenvalue weighted by Gasteiger charge is 2.18. The lowest BCUT2D eigenvalue weighted by Gasteiger charge is -2.16. The predicted octanol–water partition coefficient (Wildman–Crippen LogP) is 16.6. The van der Waals surface area contributed by atoms with Crippen molar-refractivity contribution in [2.24, 2.45) is 0 Å². The van der Waals surface area contributed by atoms with E-state index >= 15 is 0 Å². The van der Waals surface area contributed by atoms with Crippen molar-refractivity contribution in [1.29, 1.82) is 0 Å². The van der Waals surface area contributed by atoms with Gasteiger partial charge in [0.2, 0.25) is 0 Å². The molecule has 8 aromatic carbocycles. The van der Waals surface area contributed by atoms with Gasteiger partial charge < -0.3 is 0 Å². The molecule has 0 amide bonds. The maximum Gasteiger partial charge on any atom is 0.164 e. The van der Waals surface area contributed by atoms with Gasteiger partial charge in [0.25, 0.3) is 0 Å². The molecule has 3 heterocycles. The molecule has 0 radical (unpaired) electrons. The van der Waals surface area contributed by atoms with Crippen LogP contribution in [0, 0.1) is 0 Å². The molecule has 0 N–H and O–H groups in total. The highest BCUT2D eigenvalue weighted by atomic mass is 15.0. The van der Waals surface area contributed by atoms with Crippen molar-refractivity contribution in [1.82, 2.24) is 34.9 Å². The summed E-state index contributed by atoms with van der Waals surface area (Å²) < 4.78 is 0. The molecule has 364 valence electrons. The van der Waals surface area contributed by atoms with Gasteiger partial charge in [-0.25, -0.2) is 34.9 Å². The first-order valence-corrected chi connectivity index (χ1v) is 25.9. The summed E-state index contributed by atoms with van der Waals surface area (Å²) in [6.45, 7) is 8.93. The quantitative estimate of drug-likeness (QED) is 0.101. The van der Waals surface area contributed by atoms with Crippen LogP contribution in [0.25, 0.3) is 90.6 Å². The first-order valence-electron chi connectivity index (χ1n) is 25.9. The molecule has 0 aliphatic carbocycles. The standard InChI is InChI=1S/C68H57N7/c1-45(2)58-26-17-27-59(42-58)68-71-61(52-20-11-6-12-21-52)44-63(72-68)54-34-30-49(31-35-54)41-47(4)64-69-60(51-18-9-5-10-19-51)43-62(70-64)53-32-28-48(29-33-53)40-46(3)50-36-38-57(39-37-50)67-74-65(55-22-13-7-14-23-55)73-66(75-67)56-24-15-8-16-25-56/h5-39,42-47H,40-41H2,1-4H3. The normalized spacial score (nSPS) is 12.1. The second kappa shape index (κ2) is 22.0. The topological polar surface area (TPSA) is 90.2 Å². The maximum absolute atomic E-state index is 5.26. The van der Waals surface area contributed by atoms with E-state index in [4.69, 9.17) is 34.9 Å². The zero-order valence-electron chi connectivity index (χ0n) is 42.7. The third-order valence-electron chi connectivity index (χ3n) is 13.9. The van der Waals surface area contributed by atoms with Crippen LogP contribution in [0.4, 0.5) is 0 Å². The molecule has 0 spiro atoms. The van der Waals surface area contributed by atoms with Crippen LogP contribution < -0.4 is 0 Å². The summed E-state index contributed by atoms with van der Waals surface area (Å²) in [7, 11) is 0. The third kappa shape index (κ3) is 11.3. The van der Waals surface area contributed by atoms with Crippen LogP contribution in [-0.2, 0) is 12.8 Å².